The second kappa shape index (κ2) is 5.30. The molecule has 1 heterocycles. The van der Waals surface area contributed by atoms with E-state index in [1.807, 2.05) is 11.3 Å². The Balaban J connectivity index is 2.34. The van der Waals surface area contributed by atoms with Crippen molar-refractivity contribution >= 4 is 37.4 Å². The van der Waals surface area contributed by atoms with Crippen LogP contribution in [0.2, 0.25) is 0 Å². The summed E-state index contributed by atoms with van der Waals surface area (Å²) in [6.07, 6.45) is 1.18. The molecule has 0 spiro atoms. The van der Waals surface area contributed by atoms with Crippen molar-refractivity contribution in [2.75, 3.05) is 6.54 Å². The summed E-state index contributed by atoms with van der Waals surface area (Å²) < 4.78 is 2.55. The molecule has 0 bridgehead atoms. The SMILES string of the molecule is CCCNC(C)c1csc2c(Br)cccc12. The van der Waals surface area contributed by atoms with Gasteiger partial charge in [-0.3, -0.25) is 0 Å². The number of halogens is 1. The zero-order valence-corrected chi connectivity index (χ0v) is 12.0. The summed E-state index contributed by atoms with van der Waals surface area (Å²) in [5.41, 5.74) is 1.41. The van der Waals surface area contributed by atoms with Crippen LogP contribution in [0.5, 0.6) is 0 Å². The first-order valence-corrected chi connectivity index (χ1v) is 7.30. The minimum atomic E-state index is 0.433. The highest BCUT2D eigenvalue weighted by atomic mass is 79.9. The van der Waals surface area contributed by atoms with E-state index >= 15 is 0 Å². The average molecular weight is 298 g/mol. The Hall–Kier alpha value is -0.380. The normalized spacial score (nSPS) is 13.2. The number of hydrogen-bond donors (Lipinski definition) is 1. The smallest absolute Gasteiger partial charge is 0.0488 e. The van der Waals surface area contributed by atoms with Gasteiger partial charge in [0.15, 0.2) is 0 Å². The van der Waals surface area contributed by atoms with E-state index in [2.05, 4.69) is 58.7 Å². The van der Waals surface area contributed by atoms with E-state index in [9.17, 15) is 0 Å². The quantitative estimate of drug-likeness (QED) is 0.861. The van der Waals surface area contributed by atoms with Crippen LogP contribution in [0.3, 0.4) is 0 Å². The second-order valence-corrected chi connectivity index (χ2v) is 5.72. The van der Waals surface area contributed by atoms with E-state index in [0.717, 1.165) is 6.54 Å². The van der Waals surface area contributed by atoms with Crippen LogP contribution in [-0.4, -0.2) is 6.54 Å². The highest BCUT2D eigenvalue weighted by molar-refractivity contribution is 9.10. The summed E-state index contributed by atoms with van der Waals surface area (Å²) in [5, 5.41) is 7.18. The molecule has 2 rings (SSSR count). The van der Waals surface area contributed by atoms with E-state index in [4.69, 9.17) is 0 Å². The highest BCUT2D eigenvalue weighted by Crippen LogP contribution is 2.34. The van der Waals surface area contributed by atoms with Crippen molar-refractivity contribution in [2.45, 2.75) is 26.3 Å². The first-order valence-electron chi connectivity index (χ1n) is 5.63. The molecule has 2 aromatic rings. The molecule has 3 heteroatoms. The summed E-state index contributed by atoms with van der Waals surface area (Å²) in [5.74, 6) is 0. The number of fused-ring (bicyclic) bond motifs is 1. The fraction of sp³-hybridized carbons (Fsp3) is 0.385. The van der Waals surface area contributed by atoms with Crippen molar-refractivity contribution in [1.29, 1.82) is 0 Å². The van der Waals surface area contributed by atoms with Gasteiger partial charge in [-0.2, -0.15) is 0 Å². The molecular weight excluding hydrogens is 282 g/mol. The monoisotopic (exact) mass is 297 g/mol. The highest BCUT2D eigenvalue weighted by Gasteiger charge is 2.11. The van der Waals surface area contributed by atoms with Crippen LogP contribution in [0.1, 0.15) is 31.9 Å². The lowest BCUT2D eigenvalue weighted by Crippen LogP contribution is -2.18. The number of rotatable bonds is 4. The molecule has 0 saturated heterocycles. The van der Waals surface area contributed by atoms with E-state index < -0.39 is 0 Å². The van der Waals surface area contributed by atoms with Gasteiger partial charge in [-0.15, -0.1) is 11.3 Å². The minimum Gasteiger partial charge on any atom is -0.310 e. The van der Waals surface area contributed by atoms with Crippen LogP contribution in [-0.2, 0) is 0 Å². The Kier molecular flexibility index (Phi) is 4.00. The lowest BCUT2D eigenvalue weighted by atomic mass is 10.1. The summed E-state index contributed by atoms with van der Waals surface area (Å²) in [6.45, 7) is 5.51. The van der Waals surface area contributed by atoms with Crippen molar-refractivity contribution < 1.29 is 0 Å². The van der Waals surface area contributed by atoms with Gasteiger partial charge in [0.1, 0.15) is 0 Å². The molecule has 1 unspecified atom stereocenters. The molecule has 1 aromatic carbocycles. The standard InChI is InChI=1S/C13H16BrNS/c1-3-7-15-9(2)11-8-16-13-10(11)5-4-6-12(13)14/h4-6,8-9,15H,3,7H2,1-2H3. The molecule has 1 atom stereocenters. The topological polar surface area (TPSA) is 12.0 Å². The first kappa shape index (κ1) is 12.1. The van der Waals surface area contributed by atoms with Gasteiger partial charge in [0.2, 0.25) is 0 Å². The molecule has 0 fully saturated rings. The fourth-order valence-electron chi connectivity index (χ4n) is 1.85. The van der Waals surface area contributed by atoms with E-state index in [1.54, 1.807) is 0 Å². The Bertz CT molecular complexity index is 478. The first-order chi connectivity index (χ1) is 7.74. The van der Waals surface area contributed by atoms with E-state index in [-0.39, 0.29) is 0 Å². The molecule has 0 saturated carbocycles. The van der Waals surface area contributed by atoms with Gasteiger partial charge in [0.05, 0.1) is 0 Å². The van der Waals surface area contributed by atoms with E-state index in [0.29, 0.717) is 6.04 Å². The molecular formula is C13H16BrNS. The molecule has 86 valence electrons. The Morgan fingerprint density at radius 2 is 2.25 bits per heavy atom. The Labute approximate surface area is 109 Å². The summed E-state index contributed by atoms with van der Waals surface area (Å²) in [7, 11) is 0. The Morgan fingerprint density at radius 3 is 3.00 bits per heavy atom. The summed E-state index contributed by atoms with van der Waals surface area (Å²) in [4.78, 5) is 0. The predicted octanol–water partition coefficient (Wildman–Crippen LogP) is 4.72. The molecule has 1 N–H and O–H groups in total. The van der Waals surface area contributed by atoms with Crippen LogP contribution >= 0.6 is 27.3 Å². The van der Waals surface area contributed by atoms with Crippen molar-refractivity contribution in [1.82, 2.24) is 5.32 Å². The molecule has 0 aliphatic heterocycles. The zero-order chi connectivity index (χ0) is 11.5. The average Bonchev–Trinajstić information content (AvgIpc) is 2.71. The molecule has 1 nitrogen and oxygen atoms in total. The molecule has 0 aliphatic rings. The van der Waals surface area contributed by atoms with Crippen LogP contribution < -0.4 is 5.32 Å². The third kappa shape index (κ3) is 2.31. The molecule has 0 amide bonds. The molecule has 1 aromatic heterocycles. The van der Waals surface area contributed by atoms with Crippen LogP contribution in [0.25, 0.3) is 10.1 Å². The van der Waals surface area contributed by atoms with Crippen LogP contribution in [0.4, 0.5) is 0 Å². The lowest BCUT2D eigenvalue weighted by molar-refractivity contribution is 0.575. The number of nitrogens with one attached hydrogen (secondary N) is 1. The lowest BCUT2D eigenvalue weighted by Gasteiger charge is -2.12. The van der Waals surface area contributed by atoms with Crippen molar-refractivity contribution in [3.8, 4) is 0 Å². The molecule has 16 heavy (non-hydrogen) atoms. The van der Waals surface area contributed by atoms with Gasteiger partial charge in [-0.25, -0.2) is 0 Å². The molecule has 0 radical (unpaired) electrons. The predicted molar refractivity (Wildman–Crippen MR) is 76.2 cm³/mol. The summed E-state index contributed by atoms with van der Waals surface area (Å²) >= 11 is 5.42. The van der Waals surface area contributed by atoms with Gasteiger partial charge in [-0.05, 0) is 58.2 Å². The fourth-order valence-corrected chi connectivity index (χ4v) is 3.56. The second-order valence-electron chi connectivity index (χ2n) is 3.98. The maximum absolute atomic E-state index is 3.60. The third-order valence-corrected chi connectivity index (χ3v) is 4.72. The van der Waals surface area contributed by atoms with Crippen molar-refractivity contribution in [2.24, 2.45) is 0 Å². The largest absolute Gasteiger partial charge is 0.310 e. The zero-order valence-electron chi connectivity index (χ0n) is 9.59. The molecule has 0 aliphatic carbocycles. The van der Waals surface area contributed by atoms with Crippen LogP contribution in [0.15, 0.2) is 28.1 Å². The van der Waals surface area contributed by atoms with Gasteiger partial charge in [0.25, 0.3) is 0 Å². The number of hydrogen-bond acceptors (Lipinski definition) is 2. The van der Waals surface area contributed by atoms with Gasteiger partial charge < -0.3 is 5.32 Å². The Morgan fingerprint density at radius 1 is 1.44 bits per heavy atom. The third-order valence-electron chi connectivity index (χ3n) is 2.75. The maximum Gasteiger partial charge on any atom is 0.0488 e. The minimum absolute atomic E-state index is 0.433. The van der Waals surface area contributed by atoms with Gasteiger partial charge in [-0.1, -0.05) is 19.1 Å². The summed E-state index contributed by atoms with van der Waals surface area (Å²) in [6, 6.07) is 6.85. The van der Waals surface area contributed by atoms with Gasteiger partial charge in [0, 0.05) is 15.2 Å². The van der Waals surface area contributed by atoms with Crippen molar-refractivity contribution in [3.05, 3.63) is 33.6 Å². The van der Waals surface area contributed by atoms with Crippen LogP contribution in [0, 0.1) is 0 Å². The maximum atomic E-state index is 3.60. The van der Waals surface area contributed by atoms with E-state index in [1.165, 1.54) is 26.5 Å². The van der Waals surface area contributed by atoms with Crippen molar-refractivity contribution in [3.63, 3.8) is 0 Å². The van der Waals surface area contributed by atoms with Gasteiger partial charge >= 0.3 is 0 Å². The number of benzene rings is 1. The number of thiophene rings is 1.